The second-order valence-corrected chi connectivity index (χ2v) is 8.58. The summed E-state index contributed by atoms with van der Waals surface area (Å²) in [5, 5.41) is 4.71. The van der Waals surface area contributed by atoms with Crippen LogP contribution in [0.15, 0.2) is 35.7 Å². The molecule has 0 saturated carbocycles. The molecule has 0 spiro atoms. The number of benzene rings is 1. The molecule has 2 heterocycles. The van der Waals surface area contributed by atoms with Crippen molar-refractivity contribution in [3.8, 4) is 0 Å². The van der Waals surface area contributed by atoms with E-state index in [0.717, 1.165) is 12.0 Å². The SMILES string of the molecule is CC(C)CCN1C(=O)C2SC=CC2=[N+](CC(=O)NCc2ccccc2Cl)C1=O. The molecule has 1 N–H and O–H groups in total. The van der Waals surface area contributed by atoms with E-state index in [1.165, 1.54) is 21.2 Å². The van der Waals surface area contributed by atoms with Crippen LogP contribution in [-0.2, 0) is 16.1 Å². The third-order valence-corrected chi connectivity index (χ3v) is 6.03. The van der Waals surface area contributed by atoms with Gasteiger partial charge in [-0.25, -0.2) is 4.79 Å². The van der Waals surface area contributed by atoms with Crippen molar-refractivity contribution in [3.63, 3.8) is 0 Å². The molecule has 1 aromatic carbocycles. The number of hydrogen-bond acceptors (Lipinski definition) is 4. The van der Waals surface area contributed by atoms with E-state index >= 15 is 0 Å². The van der Waals surface area contributed by atoms with Crippen LogP contribution in [0.5, 0.6) is 0 Å². The Hall–Kier alpha value is -2.12. The maximum atomic E-state index is 12.9. The first kappa shape index (κ1) is 20.6. The number of nitrogens with one attached hydrogen (secondary N) is 1. The molecular formula is C20H23ClN3O3S+. The van der Waals surface area contributed by atoms with Gasteiger partial charge in [0.25, 0.3) is 5.91 Å². The zero-order valence-electron chi connectivity index (χ0n) is 15.9. The average Bonchev–Trinajstić information content (AvgIpc) is 3.14. The quantitative estimate of drug-likeness (QED) is 0.688. The van der Waals surface area contributed by atoms with Gasteiger partial charge in [-0.05, 0) is 35.5 Å². The molecule has 28 heavy (non-hydrogen) atoms. The van der Waals surface area contributed by atoms with Gasteiger partial charge in [-0.2, -0.15) is 14.3 Å². The number of carbonyl (C=O) groups is 3. The number of amides is 4. The van der Waals surface area contributed by atoms with Gasteiger partial charge in [0.2, 0.25) is 0 Å². The number of allylic oxidation sites excluding steroid dienone is 1. The zero-order chi connectivity index (χ0) is 20.3. The van der Waals surface area contributed by atoms with Crippen LogP contribution < -0.4 is 5.32 Å². The standard InChI is InChI=1S/C20H22ClN3O3S/c1-13(2)7-9-23-19(26)18-16(8-10-28-18)24(20(23)27)12-17(25)22-11-14-5-3-4-6-15(14)21/h3-6,8,10,13,18H,7,9,11-12H2,1-2H3/p+1. The fourth-order valence-electron chi connectivity index (χ4n) is 3.04. The maximum absolute atomic E-state index is 12.9. The summed E-state index contributed by atoms with van der Waals surface area (Å²) in [6.45, 7) is 4.59. The number of rotatable bonds is 7. The van der Waals surface area contributed by atoms with E-state index < -0.39 is 11.3 Å². The highest BCUT2D eigenvalue weighted by Gasteiger charge is 2.49. The number of urea groups is 1. The van der Waals surface area contributed by atoms with Gasteiger partial charge in [-0.1, -0.05) is 43.6 Å². The average molecular weight is 421 g/mol. The van der Waals surface area contributed by atoms with Gasteiger partial charge in [0.15, 0.2) is 11.8 Å². The van der Waals surface area contributed by atoms with E-state index in [4.69, 9.17) is 11.6 Å². The van der Waals surface area contributed by atoms with Gasteiger partial charge < -0.3 is 5.32 Å². The van der Waals surface area contributed by atoms with Crippen molar-refractivity contribution in [1.29, 1.82) is 0 Å². The molecule has 2 aliphatic heterocycles. The predicted octanol–water partition coefficient (Wildman–Crippen LogP) is 3.05. The van der Waals surface area contributed by atoms with Crippen LogP contribution in [0.4, 0.5) is 4.79 Å². The first-order valence-corrected chi connectivity index (χ1v) is 10.5. The third kappa shape index (κ3) is 4.47. The molecule has 0 bridgehead atoms. The lowest BCUT2D eigenvalue weighted by Crippen LogP contribution is -2.56. The maximum Gasteiger partial charge on any atom is 0.501 e. The van der Waals surface area contributed by atoms with E-state index in [1.54, 1.807) is 17.6 Å². The molecule has 0 fully saturated rings. The minimum absolute atomic E-state index is 0.133. The number of thioether (sulfide) groups is 1. The lowest BCUT2D eigenvalue weighted by Gasteiger charge is -2.24. The van der Waals surface area contributed by atoms with Crippen molar-refractivity contribution in [2.24, 2.45) is 5.92 Å². The highest BCUT2D eigenvalue weighted by atomic mass is 35.5. The molecule has 0 saturated heterocycles. The van der Waals surface area contributed by atoms with Gasteiger partial charge in [-0.3, -0.25) is 4.79 Å². The minimum Gasteiger partial charge on any atom is -0.349 e. The lowest BCUT2D eigenvalue weighted by atomic mass is 10.1. The smallest absolute Gasteiger partial charge is 0.349 e. The first-order valence-electron chi connectivity index (χ1n) is 9.20. The molecule has 0 aromatic heterocycles. The summed E-state index contributed by atoms with van der Waals surface area (Å²) in [4.78, 5) is 39.4. The highest BCUT2D eigenvalue weighted by Crippen LogP contribution is 2.28. The molecule has 6 nitrogen and oxygen atoms in total. The Labute approximate surface area is 173 Å². The first-order chi connectivity index (χ1) is 13.4. The van der Waals surface area contributed by atoms with Crippen molar-refractivity contribution < 1.29 is 19.0 Å². The largest absolute Gasteiger partial charge is 0.501 e. The molecule has 8 heteroatoms. The minimum atomic E-state index is -0.457. The molecule has 0 radical (unpaired) electrons. The van der Waals surface area contributed by atoms with Crippen molar-refractivity contribution in [1.82, 2.24) is 10.2 Å². The van der Waals surface area contributed by atoms with Crippen molar-refractivity contribution in [2.45, 2.75) is 32.1 Å². The van der Waals surface area contributed by atoms with E-state index in [-0.39, 0.29) is 24.9 Å². The lowest BCUT2D eigenvalue weighted by molar-refractivity contribution is -0.426. The fraction of sp³-hybridized carbons (Fsp3) is 0.400. The van der Waals surface area contributed by atoms with E-state index in [2.05, 4.69) is 5.32 Å². The molecule has 148 valence electrons. The summed E-state index contributed by atoms with van der Waals surface area (Å²) in [6, 6.07) is 6.83. The second kappa shape index (κ2) is 8.92. The number of carbonyl (C=O) groups excluding carboxylic acids is 3. The Morgan fingerprint density at radius 3 is 2.79 bits per heavy atom. The normalized spacial score (nSPS) is 18.9. The monoisotopic (exact) mass is 420 g/mol. The summed E-state index contributed by atoms with van der Waals surface area (Å²) in [6.07, 6.45) is 2.47. The Bertz CT molecular complexity index is 866. The van der Waals surface area contributed by atoms with Gasteiger partial charge in [0, 0.05) is 11.6 Å². The van der Waals surface area contributed by atoms with Crippen LogP contribution in [0, 0.1) is 5.92 Å². The van der Waals surface area contributed by atoms with Crippen molar-refractivity contribution in [2.75, 3.05) is 13.1 Å². The topological polar surface area (TPSA) is 69.5 Å². The molecule has 0 aliphatic carbocycles. The number of hydrogen-bond donors (Lipinski definition) is 1. The summed E-state index contributed by atoms with van der Waals surface area (Å²) in [7, 11) is 0. The number of imide groups is 1. The number of halogens is 1. The van der Waals surface area contributed by atoms with E-state index in [1.807, 2.05) is 32.0 Å². The van der Waals surface area contributed by atoms with E-state index in [9.17, 15) is 14.4 Å². The molecule has 1 unspecified atom stereocenters. The summed E-state index contributed by atoms with van der Waals surface area (Å²) >= 11 is 7.48. The fourth-order valence-corrected chi connectivity index (χ4v) is 4.21. The summed E-state index contributed by atoms with van der Waals surface area (Å²) < 4.78 is 1.41. The Kier molecular flexibility index (Phi) is 6.57. The van der Waals surface area contributed by atoms with Gasteiger partial charge in [-0.15, -0.1) is 11.8 Å². The van der Waals surface area contributed by atoms with Crippen molar-refractivity contribution in [3.05, 3.63) is 46.3 Å². The van der Waals surface area contributed by atoms with Crippen LogP contribution in [0.25, 0.3) is 0 Å². The van der Waals surface area contributed by atoms with Gasteiger partial charge in [0.05, 0.1) is 6.54 Å². The van der Waals surface area contributed by atoms with Crippen LogP contribution in [0.2, 0.25) is 5.02 Å². The predicted molar refractivity (Wildman–Crippen MR) is 111 cm³/mol. The zero-order valence-corrected chi connectivity index (χ0v) is 17.4. The molecular weight excluding hydrogens is 398 g/mol. The summed E-state index contributed by atoms with van der Waals surface area (Å²) in [5.74, 6) is -0.140. The van der Waals surface area contributed by atoms with Crippen LogP contribution in [0.3, 0.4) is 0 Å². The Balaban J connectivity index is 1.73. The Morgan fingerprint density at radius 2 is 2.07 bits per heavy atom. The third-order valence-electron chi connectivity index (χ3n) is 4.65. The van der Waals surface area contributed by atoms with Crippen LogP contribution in [-0.4, -0.2) is 51.4 Å². The number of nitrogens with zero attached hydrogens (tertiary/aromatic N) is 2. The second-order valence-electron chi connectivity index (χ2n) is 7.15. The number of fused-ring (bicyclic) bond motifs is 1. The van der Waals surface area contributed by atoms with Crippen molar-refractivity contribution >= 4 is 46.9 Å². The van der Waals surface area contributed by atoms with Crippen LogP contribution in [0.1, 0.15) is 25.8 Å². The summed E-state index contributed by atoms with van der Waals surface area (Å²) in [5.41, 5.74) is 1.38. The molecule has 4 amide bonds. The Morgan fingerprint density at radius 1 is 1.32 bits per heavy atom. The molecule has 1 aromatic rings. The molecule has 3 rings (SSSR count). The molecule has 2 aliphatic rings. The molecule has 1 atom stereocenters. The van der Waals surface area contributed by atoms with E-state index in [0.29, 0.717) is 23.2 Å². The van der Waals surface area contributed by atoms with Crippen LogP contribution >= 0.6 is 23.4 Å². The highest BCUT2D eigenvalue weighted by molar-refractivity contribution is 8.04. The van der Waals surface area contributed by atoms with Gasteiger partial charge >= 0.3 is 11.9 Å². The van der Waals surface area contributed by atoms with Gasteiger partial charge in [0.1, 0.15) is 5.71 Å².